The van der Waals surface area contributed by atoms with E-state index in [0.29, 0.717) is 0 Å². The Morgan fingerprint density at radius 3 is 2.76 bits per heavy atom. The van der Waals surface area contributed by atoms with E-state index in [2.05, 4.69) is 24.4 Å². The molecule has 2 saturated carbocycles. The highest BCUT2D eigenvalue weighted by atomic mass is 16.3. The molecule has 0 aromatic carbocycles. The molecule has 2 bridgehead atoms. The van der Waals surface area contributed by atoms with E-state index in [9.17, 15) is 0 Å². The summed E-state index contributed by atoms with van der Waals surface area (Å²) in [5.41, 5.74) is 0. The van der Waals surface area contributed by atoms with E-state index in [1.165, 1.54) is 32.2 Å². The van der Waals surface area contributed by atoms with Gasteiger partial charge in [0.1, 0.15) is 11.5 Å². The third-order valence-electron chi connectivity index (χ3n) is 4.66. The summed E-state index contributed by atoms with van der Waals surface area (Å²) in [7, 11) is 0. The Bertz CT molecular complexity index is 371. The minimum atomic E-state index is 0.897. The molecule has 2 nitrogen and oxygen atoms in total. The average Bonchev–Trinajstić information content (AvgIpc) is 3.04. The first-order chi connectivity index (χ1) is 8.35. The molecule has 1 aromatic rings. The summed E-state index contributed by atoms with van der Waals surface area (Å²) in [6.45, 7) is 4.21. The van der Waals surface area contributed by atoms with Gasteiger partial charge in [-0.1, -0.05) is 13.3 Å². The quantitative estimate of drug-likeness (QED) is 0.843. The summed E-state index contributed by atoms with van der Waals surface area (Å²) in [6.07, 6.45) is 6.95. The van der Waals surface area contributed by atoms with E-state index in [1.807, 2.05) is 0 Å². The normalized spacial score (nSPS) is 31.2. The molecule has 3 atom stereocenters. The van der Waals surface area contributed by atoms with Crippen LogP contribution in [-0.2, 0) is 13.0 Å². The molecule has 1 aromatic heterocycles. The SMILES string of the molecule is CCc1ccc(CNCC2CC3CCC2C3)o1. The van der Waals surface area contributed by atoms with Crippen molar-refractivity contribution in [2.45, 2.75) is 45.6 Å². The van der Waals surface area contributed by atoms with Crippen LogP contribution in [0, 0.1) is 17.8 Å². The highest BCUT2D eigenvalue weighted by Crippen LogP contribution is 2.47. The van der Waals surface area contributed by atoms with Crippen LogP contribution in [0.2, 0.25) is 0 Å². The standard InChI is InChI=1S/C15H23NO/c1-2-14-5-6-15(17-14)10-16-9-13-8-11-3-4-12(13)7-11/h5-6,11-13,16H,2-4,7-10H2,1H3. The first kappa shape index (κ1) is 11.3. The first-order valence-electron chi connectivity index (χ1n) is 7.13. The van der Waals surface area contributed by atoms with Gasteiger partial charge in [-0.25, -0.2) is 0 Å². The Morgan fingerprint density at radius 2 is 2.12 bits per heavy atom. The molecular formula is C15H23NO. The molecule has 3 unspecified atom stereocenters. The molecule has 0 aliphatic heterocycles. The van der Waals surface area contributed by atoms with Gasteiger partial charge in [-0.15, -0.1) is 0 Å². The van der Waals surface area contributed by atoms with Crippen molar-refractivity contribution < 1.29 is 4.42 Å². The van der Waals surface area contributed by atoms with Crippen molar-refractivity contribution in [2.75, 3.05) is 6.54 Å². The number of fused-ring (bicyclic) bond motifs is 2. The van der Waals surface area contributed by atoms with Crippen molar-refractivity contribution in [3.63, 3.8) is 0 Å². The molecule has 1 N–H and O–H groups in total. The lowest BCUT2D eigenvalue weighted by Crippen LogP contribution is -2.26. The Labute approximate surface area is 104 Å². The largest absolute Gasteiger partial charge is 0.465 e. The zero-order chi connectivity index (χ0) is 11.7. The van der Waals surface area contributed by atoms with E-state index in [4.69, 9.17) is 4.42 Å². The molecule has 1 heterocycles. The third-order valence-corrected chi connectivity index (χ3v) is 4.66. The first-order valence-corrected chi connectivity index (χ1v) is 7.13. The summed E-state index contributed by atoms with van der Waals surface area (Å²) >= 11 is 0. The molecule has 2 aliphatic rings. The zero-order valence-corrected chi connectivity index (χ0v) is 10.7. The van der Waals surface area contributed by atoms with Gasteiger partial charge in [0, 0.05) is 6.42 Å². The molecule has 0 amide bonds. The number of nitrogens with one attached hydrogen (secondary N) is 1. The van der Waals surface area contributed by atoms with Crippen LogP contribution in [0.25, 0.3) is 0 Å². The second-order valence-electron chi connectivity index (χ2n) is 5.79. The summed E-state index contributed by atoms with van der Waals surface area (Å²) < 4.78 is 5.70. The Balaban J connectivity index is 1.43. The maximum Gasteiger partial charge on any atom is 0.117 e. The molecule has 0 spiro atoms. The van der Waals surface area contributed by atoms with Crippen LogP contribution in [-0.4, -0.2) is 6.54 Å². The van der Waals surface area contributed by atoms with Gasteiger partial charge in [-0.2, -0.15) is 0 Å². The highest BCUT2D eigenvalue weighted by Gasteiger charge is 2.38. The van der Waals surface area contributed by atoms with Gasteiger partial charge < -0.3 is 9.73 Å². The molecular weight excluding hydrogens is 210 g/mol. The van der Waals surface area contributed by atoms with Gasteiger partial charge in [-0.3, -0.25) is 0 Å². The Kier molecular flexibility index (Phi) is 3.24. The van der Waals surface area contributed by atoms with Crippen molar-refractivity contribution in [1.82, 2.24) is 5.32 Å². The van der Waals surface area contributed by atoms with Crippen LogP contribution in [0.4, 0.5) is 0 Å². The number of furan rings is 1. The molecule has 2 fully saturated rings. The number of hydrogen-bond donors (Lipinski definition) is 1. The van der Waals surface area contributed by atoms with Gasteiger partial charge in [0.05, 0.1) is 6.54 Å². The lowest BCUT2D eigenvalue weighted by atomic mass is 9.89. The molecule has 94 valence electrons. The van der Waals surface area contributed by atoms with Crippen molar-refractivity contribution in [1.29, 1.82) is 0 Å². The molecule has 2 heteroatoms. The van der Waals surface area contributed by atoms with E-state index in [1.54, 1.807) is 0 Å². The van der Waals surface area contributed by atoms with Gasteiger partial charge >= 0.3 is 0 Å². The van der Waals surface area contributed by atoms with Crippen LogP contribution in [0.1, 0.15) is 44.1 Å². The van der Waals surface area contributed by atoms with E-state index in [-0.39, 0.29) is 0 Å². The fourth-order valence-electron chi connectivity index (χ4n) is 3.71. The average molecular weight is 233 g/mol. The van der Waals surface area contributed by atoms with Crippen molar-refractivity contribution in [3.8, 4) is 0 Å². The zero-order valence-electron chi connectivity index (χ0n) is 10.7. The lowest BCUT2D eigenvalue weighted by molar-refractivity contribution is 0.313. The fourth-order valence-corrected chi connectivity index (χ4v) is 3.71. The van der Waals surface area contributed by atoms with Gasteiger partial charge in [0.2, 0.25) is 0 Å². The smallest absolute Gasteiger partial charge is 0.117 e. The van der Waals surface area contributed by atoms with E-state index < -0.39 is 0 Å². The minimum absolute atomic E-state index is 0.897. The monoisotopic (exact) mass is 233 g/mol. The van der Waals surface area contributed by atoms with Crippen molar-refractivity contribution >= 4 is 0 Å². The third kappa shape index (κ3) is 2.42. The molecule has 0 saturated heterocycles. The Morgan fingerprint density at radius 1 is 1.24 bits per heavy atom. The molecule has 0 radical (unpaired) electrons. The predicted octanol–water partition coefficient (Wildman–Crippen LogP) is 3.37. The lowest BCUT2D eigenvalue weighted by Gasteiger charge is -2.21. The van der Waals surface area contributed by atoms with Crippen molar-refractivity contribution in [2.24, 2.45) is 17.8 Å². The predicted molar refractivity (Wildman–Crippen MR) is 68.7 cm³/mol. The number of hydrogen-bond acceptors (Lipinski definition) is 2. The van der Waals surface area contributed by atoms with Crippen LogP contribution < -0.4 is 5.32 Å². The minimum Gasteiger partial charge on any atom is -0.465 e. The maximum atomic E-state index is 5.70. The van der Waals surface area contributed by atoms with Gasteiger partial charge in [-0.05, 0) is 55.7 Å². The maximum absolute atomic E-state index is 5.70. The van der Waals surface area contributed by atoms with Crippen LogP contribution in [0.15, 0.2) is 16.5 Å². The highest BCUT2D eigenvalue weighted by molar-refractivity contribution is 5.06. The van der Waals surface area contributed by atoms with E-state index in [0.717, 1.165) is 42.2 Å². The van der Waals surface area contributed by atoms with Crippen LogP contribution >= 0.6 is 0 Å². The molecule has 17 heavy (non-hydrogen) atoms. The van der Waals surface area contributed by atoms with Crippen molar-refractivity contribution in [3.05, 3.63) is 23.7 Å². The fraction of sp³-hybridized carbons (Fsp3) is 0.733. The van der Waals surface area contributed by atoms with Gasteiger partial charge in [0.15, 0.2) is 0 Å². The van der Waals surface area contributed by atoms with E-state index >= 15 is 0 Å². The summed E-state index contributed by atoms with van der Waals surface area (Å²) in [4.78, 5) is 0. The second-order valence-corrected chi connectivity index (χ2v) is 5.79. The van der Waals surface area contributed by atoms with Crippen LogP contribution in [0.3, 0.4) is 0 Å². The summed E-state index contributed by atoms with van der Waals surface area (Å²) in [5, 5.41) is 3.57. The Hall–Kier alpha value is -0.760. The topological polar surface area (TPSA) is 25.2 Å². The van der Waals surface area contributed by atoms with Crippen LogP contribution in [0.5, 0.6) is 0 Å². The second kappa shape index (κ2) is 4.85. The molecule has 2 aliphatic carbocycles. The number of aryl methyl sites for hydroxylation is 1. The van der Waals surface area contributed by atoms with Gasteiger partial charge in [0.25, 0.3) is 0 Å². The summed E-state index contributed by atoms with van der Waals surface area (Å²) in [5.74, 6) is 5.21. The number of rotatable bonds is 5. The summed E-state index contributed by atoms with van der Waals surface area (Å²) in [6, 6.07) is 4.20. The molecule has 3 rings (SSSR count).